The fourth-order valence-corrected chi connectivity index (χ4v) is 6.37. The smallest absolute Gasteiger partial charge is 0.328 e. The van der Waals surface area contributed by atoms with Gasteiger partial charge in [0.2, 0.25) is 0 Å². The normalized spacial score (nSPS) is 18.5. The number of nitrogens with zero attached hydrogens (tertiary/aromatic N) is 2. The van der Waals surface area contributed by atoms with Crippen LogP contribution in [0.4, 0.5) is 0 Å². The highest BCUT2D eigenvalue weighted by Gasteiger charge is 2.31. The molecule has 2 saturated heterocycles. The third-order valence-corrected chi connectivity index (χ3v) is 8.47. The monoisotopic (exact) mass is 527 g/mol. The van der Waals surface area contributed by atoms with E-state index >= 15 is 0 Å². The molecule has 9 nitrogen and oxygen atoms in total. The zero-order chi connectivity index (χ0) is 26.4. The van der Waals surface area contributed by atoms with Gasteiger partial charge in [-0.25, -0.2) is 9.78 Å². The van der Waals surface area contributed by atoms with Gasteiger partial charge in [0.25, 0.3) is 11.8 Å². The van der Waals surface area contributed by atoms with E-state index in [-0.39, 0.29) is 18.4 Å². The molecule has 200 valence electrons. The number of nitrogens with one attached hydrogen (secondary N) is 3. The van der Waals surface area contributed by atoms with Crippen LogP contribution in [-0.4, -0.2) is 77.6 Å². The van der Waals surface area contributed by atoms with E-state index in [2.05, 4.69) is 20.9 Å². The molecule has 0 spiro atoms. The Morgan fingerprint density at radius 1 is 1.08 bits per heavy atom. The van der Waals surface area contributed by atoms with Gasteiger partial charge in [0, 0.05) is 24.1 Å². The molecule has 2 aromatic rings. The Morgan fingerprint density at radius 3 is 2.38 bits per heavy atom. The van der Waals surface area contributed by atoms with Crippen LogP contribution in [0, 0.1) is 0 Å². The molecule has 0 radical (unpaired) electrons. The van der Waals surface area contributed by atoms with Crippen molar-refractivity contribution in [2.24, 2.45) is 0 Å². The average Bonchev–Trinajstić information content (AvgIpc) is 3.38. The standard InChI is InChI=1S/C27H37N5O4S/c1-17(2)22-23(25(34)29-16-21(27(35)36)30-24(33)18-6-4-3-5-7-18)37-26(31-22)19-10-14-32(15-11-19)20-8-12-28-13-9-20/h3-7,17,19-21,28H,8-16H2,1-2H3,(H,29,34)(H,30,33)(H,35,36). The minimum absolute atomic E-state index is 0.0635. The fourth-order valence-electron chi connectivity index (χ4n) is 5.07. The number of hydrogen-bond acceptors (Lipinski definition) is 7. The van der Waals surface area contributed by atoms with E-state index in [1.807, 2.05) is 13.8 Å². The minimum atomic E-state index is -1.24. The molecule has 1 atom stereocenters. The number of carboxylic acids is 1. The Labute approximate surface area is 222 Å². The highest BCUT2D eigenvalue weighted by atomic mass is 32.1. The van der Waals surface area contributed by atoms with Gasteiger partial charge in [-0.3, -0.25) is 9.59 Å². The number of amides is 2. The summed E-state index contributed by atoms with van der Waals surface area (Å²) in [5.41, 5.74) is 1.11. The molecular weight excluding hydrogens is 490 g/mol. The Kier molecular flexibility index (Phi) is 9.28. The van der Waals surface area contributed by atoms with Gasteiger partial charge in [0.05, 0.1) is 10.7 Å². The molecule has 2 aliphatic rings. The second kappa shape index (κ2) is 12.6. The van der Waals surface area contributed by atoms with Crippen LogP contribution in [0.15, 0.2) is 30.3 Å². The van der Waals surface area contributed by atoms with Crippen LogP contribution in [0.3, 0.4) is 0 Å². The second-order valence-electron chi connectivity index (χ2n) is 10.2. The van der Waals surface area contributed by atoms with Crippen LogP contribution in [0.25, 0.3) is 0 Å². The number of benzene rings is 1. The fraction of sp³-hybridized carbons (Fsp3) is 0.556. The van der Waals surface area contributed by atoms with Crippen molar-refractivity contribution >= 4 is 29.1 Å². The van der Waals surface area contributed by atoms with Gasteiger partial charge in [-0.15, -0.1) is 11.3 Å². The number of hydrogen-bond donors (Lipinski definition) is 4. The molecule has 1 unspecified atom stereocenters. The first kappa shape index (κ1) is 27.2. The molecule has 2 amide bonds. The van der Waals surface area contributed by atoms with Gasteiger partial charge in [-0.1, -0.05) is 32.0 Å². The van der Waals surface area contributed by atoms with Crippen LogP contribution >= 0.6 is 11.3 Å². The predicted molar refractivity (Wildman–Crippen MR) is 143 cm³/mol. The third-order valence-electron chi connectivity index (χ3n) is 7.23. The number of thiazole rings is 1. The summed E-state index contributed by atoms with van der Waals surface area (Å²) >= 11 is 1.42. The lowest BCUT2D eigenvalue weighted by Gasteiger charge is -2.39. The number of carbonyl (C=O) groups is 3. The minimum Gasteiger partial charge on any atom is -0.480 e. The Morgan fingerprint density at radius 2 is 1.76 bits per heavy atom. The lowest BCUT2D eigenvalue weighted by atomic mass is 9.94. The summed E-state index contributed by atoms with van der Waals surface area (Å²) in [6, 6.07) is 7.83. The Hall–Kier alpha value is -2.82. The van der Waals surface area contributed by atoms with E-state index in [1.54, 1.807) is 30.3 Å². The van der Waals surface area contributed by atoms with Crippen LogP contribution < -0.4 is 16.0 Å². The van der Waals surface area contributed by atoms with Gasteiger partial charge in [0.1, 0.15) is 10.9 Å². The van der Waals surface area contributed by atoms with E-state index in [1.165, 1.54) is 24.2 Å². The van der Waals surface area contributed by atoms with Crippen molar-refractivity contribution in [2.75, 3.05) is 32.7 Å². The van der Waals surface area contributed by atoms with Crippen molar-refractivity contribution < 1.29 is 19.5 Å². The van der Waals surface area contributed by atoms with Crippen LogP contribution in [0.5, 0.6) is 0 Å². The zero-order valence-corrected chi connectivity index (χ0v) is 22.4. The Bertz CT molecular complexity index is 1080. The van der Waals surface area contributed by atoms with Crippen molar-refractivity contribution in [1.82, 2.24) is 25.8 Å². The summed E-state index contributed by atoms with van der Waals surface area (Å²) < 4.78 is 0. The maximum Gasteiger partial charge on any atom is 0.328 e. The molecule has 0 aliphatic carbocycles. The van der Waals surface area contributed by atoms with Gasteiger partial charge in [-0.05, 0) is 69.9 Å². The lowest BCUT2D eigenvalue weighted by molar-refractivity contribution is -0.139. The van der Waals surface area contributed by atoms with E-state index in [9.17, 15) is 19.5 Å². The first-order valence-corrected chi connectivity index (χ1v) is 14.0. The molecule has 4 N–H and O–H groups in total. The number of carbonyl (C=O) groups excluding carboxylic acids is 2. The number of likely N-dealkylation sites (tertiary alicyclic amines) is 1. The number of aromatic nitrogens is 1. The van der Waals surface area contributed by atoms with Gasteiger partial charge in [0.15, 0.2) is 0 Å². The summed E-state index contributed by atoms with van der Waals surface area (Å²) in [7, 11) is 0. The highest BCUT2D eigenvalue weighted by Crippen LogP contribution is 2.35. The predicted octanol–water partition coefficient (Wildman–Crippen LogP) is 2.81. The SMILES string of the molecule is CC(C)c1nc(C2CCN(C3CCNCC3)CC2)sc1C(=O)NCC(NC(=O)c1ccccc1)C(=O)O. The zero-order valence-electron chi connectivity index (χ0n) is 21.5. The van der Waals surface area contributed by atoms with Crippen molar-refractivity contribution in [3.8, 4) is 0 Å². The molecule has 1 aromatic heterocycles. The van der Waals surface area contributed by atoms with Crippen molar-refractivity contribution in [2.45, 2.75) is 63.5 Å². The quantitative estimate of drug-likeness (QED) is 0.395. The second-order valence-corrected chi connectivity index (χ2v) is 11.2. The Balaban J connectivity index is 1.38. The number of aliphatic carboxylic acids is 1. The summed E-state index contributed by atoms with van der Waals surface area (Å²) in [4.78, 5) is 45.4. The highest BCUT2D eigenvalue weighted by molar-refractivity contribution is 7.13. The van der Waals surface area contributed by atoms with Gasteiger partial charge >= 0.3 is 5.97 Å². The molecule has 1 aromatic carbocycles. The van der Waals surface area contributed by atoms with Crippen LogP contribution in [0.2, 0.25) is 0 Å². The topological polar surface area (TPSA) is 124 Å². The number of piperidine rings is 2. The van der Waals surface area contributed by atoms with Crippen molar-refractivity contribution in [3.05, 3.63) is 51.5 Å². The molecule has 37 heavy (non-hydrogen) atoms. The van der Waals surface area contributed by atoms with Gasteiger partial charge in [-0.2, -0.15) is 0 Å². The summed E-state index contributed by atoms with van der Waals surface area (Å²) in [6.45, 7) is 8.08. The van der Waals surface area contributed by atoms with E-state index in [4.69, 9.17) is 4.98 Å². The maximum absolute atomic E-state index is 13.1. The molecule has 0 saturated carbocycles. The largest absolute Gasteiger partial charge is 0.480 e. The van der Waals surface area contributed by atoms with E-state index < -0.39 is 17.9 Å². The number of carboxylic acid groups (broad SMARTS) is 1. The summed E-state index contributed by atoms with van der Waals surface area (Å²) in [5, 5.41) is 19.2. The van der Waals surface area contributed by atoms with Crippen LogP contribution in [-0.2, 0) is 4.79 Å². The molecule has 10 heteroatoms. The first-order chi connectivity index (χ1) is 17.8. The maximum atomic E-state index is 13.1. The molecule has 0 bridgehead atoms. The third kappa shape index (κ3) is 6.94. The van der Waals surface area contributed by atoms with E-state index in [0.29, 0.717) is 22.4 Å². The average molecular weight is 528 g/mol. The molecule has 3 heterocycles. The van der Waals surface area contributed by atoms with Crippen molar-refractivity contribution in [1.29, 1.82) is 0 Å². The van der Waals surface area contributed by atoms with Crippen LogP contribution in [0.1, 0.15) is 82.1 Å². The molecule has 4 rings (SSSR count). The van der Waals surface area contributed by atoms with E-state index in [0.717, 1.165) is 49.7 Å². The van der Waals surface area contributed by atoms with Gasteiger partial charge < -0.3 is 26.0 Å². The first-order valence-electron chi connectivity index (χ1n) is 13.2. The molecule has 2 fully saturated rings. The summed E-state index contributed by atoms with van der Waals surface area (Å²) in [6.07, 6.45) is 4.46. The lowest BCUT2D eigenvalue weighted by Crippen LogP contribution is -2.48. The molecule has 2 aliphatic heterocycles. The number of rotatable bonds is 9. The van der Waals surface area contributed by atoms with Crippen molar-refractivity contribution in [3.63, 3.8) is 0 Å². The molecular formula is C27H37N5O4S. The summed E-state index contributed by atoms with van der Waals surface area (Å²) in [5.74, 6) is -1.66.